The lowest BCUT2D eigenvalue weighted by Crippen LogP contribution is -2.09. The van der Waals surface area contributed by atoms with Crippen molar-refractivity contribution in [2.45, 2.75) is 18.8 Å². The summed E-state index contributed by atoms with van der Waals surface area (Å²) in [5.41, 5.74) is 3.05. The Morgan fingerprint density at radius 2 is 2.33 bits per heavy atom. The lowest BCUT2D eigenvalue weighted by Gasteiger charge is -2.15. The van der Waals surface area contributed by atoms with Crippen LogP contribution >= 0.6 is 22.9 Å². The molecule has 5 heteroatoms. The molecule has 3 rings (SSSR count). The smallest absolute Gasteiger partial charge is 0.160 e. The highest BCUT2D eigenvalue weighted by Crippen LogP contribution is 2.26. The molecule has 0 aromatic carbocycles. The van der Waals surface area contributed by atoms with Crippen LogP contribution in [0, 0.1) is 0 Å². The van der Waals surface area contributed by atoms with Crippen LogP contribution in [-0.2, 0) is 5.88 Å². The number of halogens is 1. The molecule has 0 N–H and O–H groups in total. The van der Waals surface area contributed by atoms with E-state index >= 15 is 0 Å². The molecule has 0 saturated heterocycles. The van der Waals surface area contributed by atoms with Gasteiger partial charge in [-0.2, -0.15) is 11.3 Å². The number of alkyl halides is 1. The number of hydrogen-bond donors (Lipinski definition) is 0. The number of thiophene rings is 1. The lowest BCUT2D eigenvalue weighted by atomic mass is 10.2. The van der Waals surface area contributed by atoms with Crippen molar-refractivity contribution in [2.24, 2.45) is 0 Å². The fraction of sp³-hybridized carbons (Fsp3) is 0.231. The van der Waals surface area contributed by atoms with Crippen molar-refractivity contribution in [3.63, 3.8) is 0 Å². The maximum absolute atomic E-state index is 6.00. The molecule has 0 saturated carbocycles. The van der Waals surface area contributed by atoms with Crippen molar-refractivity contribution in [3.8, 4) is 0 Å². The number of imidazole rings is 1. The summed E-state index contributed by atoms with van der Waals surface area (Å²) >= 11 is 7.70. The average molecular weight is 278 g/mol. The third-order valence-corrected chi connectivity index (χ3v) is 3.99. The van der Waals surface area contributed by atoms with E-state index in [0.29, 0.717) is 5.88 Å². The highest BCUT2D eigenvalue weighted by molar-refractivity contribution is 7.07. The minimum Gasteiger partial charge on any atom is -0.304 e. The molecule has 0 radical (unpaired) electrons. The van der Waals surface area contributed by atoms with Crippen molar-refractivity contribution in [2.75, 3.05) is 0 Å². The first-order valence-corrected chi connectivity index (χ1v) is 7.19. The first-order chi connectivity index (χ1) is 8.81. The summed E-state index contributed by atoms with van der Waals surface area (Å²) < 4.78 is 2.12. The third-order valence-electron chi connectivity index (χ3n) is 3.05. The Bertz CT molecular complexity index is 660. The predicted octanol–water partition coefficient (Wildman–Crippen LogP) is 3.84. The van der Waals surface area contributed by atoms with E-state index < -0.39 is 0 Å². The van der Waals surface area contributed by atoms with Gasteiger partial charge in [0.25, 0.3) is 0 Å². The van der Waals surface area contributed by atoms with Crippen molar-refractivity contribution in [3.05, 3.63) is 46.5 Å². The van der Waals surface area contributed by atoms with Gasteiger partial charge in [0.2, 0.25) is 0 Å². The van der Waals surface area contributed by atoms with Gasteiger partial charge in [0, 0.05) is 6.20 Å². The minimum atomic E-state index is 0.199. The molecule has 0 aliphatic carbocycles. The van der Waals surface area contributed by atoms with Crippen molar-refractivity contribution in [1.29, 1.82) is 0 Å². The van der Waals surface area contributed by atoms with Gasteiger partial charge in [0.05, 0.1) is 11.9 Å². The Hall–Kier alpha value is -1.39. The van der Waals surface area contributed by atoms with Gasteiger partial charge in [-0.05, 0) is 41.4 Å². The molecule has 1 unspecified atom stereocenters. The molecule has 0 bridgehead atoms. The molecule has 0 aliphatic rings. The number of rotatable bonds is 3. The highest BCUT2D eigenvalue weighted by atomic mass is 35.5. The highest BCUT2D eigenvalue weighted by Gasteiger charge is 2.17. The molecular weight excluding hydrogens is 266 g/mol. The Morgan fingerprint density at radius 3 is 3.06 bits per heavy atom. The fourth-order valence-corrected chi connectivity index (χ4v) is 3.07. The zero-order valence-electron chi connectivity index (χ0n) is 9.88. The van der Waals surface area contributed by atoms with E-state index in [1.807, 2.05) is 12.1 Å². The number of pyridine rings is 1. The van der Waals surface area contributed by atoms with Crippen molar-refractivity contribution < 1.29 is 0 Å². The second-order valence-corrected chi connectivity index (χ2v) is 5.16. The molecule has 0 aliphatic heterocycles. The predicted molar refractivity (Wildman–Crippen MR) is 75.2 cm³/mol. The second kappa shape index (κ2) is 4.71. The van der Waals surface area contributed by atoms with E-state index in [1.165, 1.54) is 5.56 Å². The van der Waals surface area contributed by atoms with Gasteiger partial charge in [0.15, 0.2) is 5.65 Å². The normalized spacial score (nSPS) is 13.0. The average Bonchev–Trinajstić information content (AvgIpc) is 3.04. The minimum absolute atomic E-state index is 0.199. The molecule has 3 aromatic heterocycles. The molecule has 3 nitrogen and oxygen atoms in total. The molecule has 3 aromatic rings. The lowest BCUT2D eigenvalue weighted by molar-refractivity contribution is 0.631. The van der Waals surface area contributed by atoms with Gasteiger partial charge in [-0.3, -0.25) is 0 Å². The zero-order chi connectivity index (χ0) is 12.5. The Kier molecular flexibility index (Phi) is 3.06. The number of aromatic nitrogens is 3. The van der Waals surface area contributed by atoms with Crippen molar-refractivity contribution >= 4 is 34.1 Å². The second-order valence-electron chi connectivity index (χ2n) is 4.11. The number of hydrogen-bond acceptors (Lipinski definition) is 3. The molecule has 0 spiro atoms. The molecule has 92 valence electrons. The molecule has 0 fully saturated rings. The molecule has 0 amide bonds. The summed E-state index contributed by atoms with van der Waals surface area (Å²) in [5.74, 6) is 1.26. The van der Waals surface area contributed by atoms with Gasteiger partial charge < -0.3 is 4.57 Å². The van der Waals surface area contributed by atoms with Gasteiger partial charge in [-0.25, -0.2) is 9.97 Å². The summed E-state index contributed by atoms with van der Waals surface area (Å²) in [6, 6.07) is 6.19. The Balaban J connectivity index is 2.20. The maximum atomic E-state index is 6.00. The van der Waals surface area contributed by atoms with Crippen LogP contribution in [0.25, 0.3) is 11.2 Å². The van der Waals surface area contributed by atoms with Gasteiger partial charge in [-0.1, -0.05) is 0 Å². The largest absolute Gasteiger partial charge is 0.304 e. The molecule has 18 heavy (non-hydrogen) atoms. The van der Waals surface area contributed by atoms with Crippen LogP contribution in [0.1, 0.15) is 24.4 Å². The van der Waals surface area contributed by atoms with Crippen LogP contribution < -0.4 is 0 Å². The van der Waals surface area contributed by atoms with Crippen LogP contribution in [0.3, 0.4) is 0 Å². The molecular formula is C13H12ClN3S. The summed E-state index contributed by atoms with van der Waals surface area (Å²) in [6.45, 7) is 2.15. The summed E-state index contributed by atoms with van der Waals surface area (Å²) in [7, 11) is 0. The fourth-order valence-electron chi connectivity index (χ4n) is 2.14. The quantitative estimate of drug-likeness (QED) is 0.681. The van der Waals surface area contributed by atoms with Crippen molar-refractivity contribution in [1.82, 2.24) is 14.5 Å². The summed E-state index contributed by atoms with van der Waals surface area (Å²) in [6.07, 6.45) is 1.79. The zero-order valence-corrected chi connectivity index (χ0v) is 11.4. The first-order valence-electron chi connectivity index (χ1n) is 5.71. The van der Waals surface area contributed by atoms with Gasteiger partial charge >= 0.3 is 0 Å². The van der Waals surface area contributed by atoms with E-state index in [1.54, 1.807) is 17.5 Å². The molecule has 3 heterocycles. The summed E-state index contributed by atoms with van der Waals surface area (Å²) in [4.78, 5) is 8.96. The van der Waals surface area contributed by atoms with Crippen LogP contribution in [0.4, 0.5) is 0 Å². The summed E-state index contributed by atoms with van der Waals surface area (Å²) in [5, 5.41) is 4.23. The number of fused-ring (bicyclic) bond motifs is 1. The SMILES string of the molecule is CC(c1ccsc1)n1c(CCl)nc2cccnc21. The standard InChI is InChI=1S/C13H12ClN3S/c1-9(10-4-6-18-8-10)17-12(7-14)16-11-3-2-5-15-13(11)17/h2-6,8-9H,7H2,1H3. The topological polar surface area (TPSA) is 30.7 Å². The van der Waals surface area contributed by atoms with Crippen LogP contribution in [-0.4, -0.2) is 14.5 Å². The van der Waals surface area contributed by atoms with Crippen LogP contribution in [0.2, 0.25) is 0 Å². The first kappa shape index (κ1) is 11.7. The van der Waals surface area contributed by atoms with Gasteiger partial charge in [-0.15, -0.1) is 11.6 Å². The Morgan fingerprint density at radius 1 is 1.44 bits per heavy atom. The van der Waals surface area contributed by atoms with Crippen LogP contribution in [0.5, 0.6) is 0 Å². The van der Waals surface area contributed by atoms with Crippen LogP contribution in [0.15, 0.2) is 35.2 Å². The third kappa shape index (κ3) is 1.82. The maximum Gasteiger partial charge on any atom is 0.160 e. The van der Waals surface area contributed by atoms with E-state index in [-0.39, 0.29) is 6.04 Å². The van der Waals surface area contributed by atoms with Gasteiger partial charge in [0.1, 0.15) is 11.3 Å². The van der Waals surface area contributed by atoms with E-state index in [9.17, 15) is 0 Å². The Labute approximate surface area is 114 Å². The number of nitrogens with zero attached hydrogens (tertiary/aromatic N) is 3. The van der Waals surface area contributed by atoms with E-state index in [2.05, 4.69) is 38.3 Å². The van der Waals surface area contributed by atoms with E-state index in [4.69, 9.17) is 11.6 Å². The molecule has 1 atom stereocenters. The van der Waals surface area contributed by atoms with E-state index in [0.717, 1.165) is 17.0 Å². The monoisotopic (exact) mass is 277 g/mol.